The molecule has 0 rings (SSSR count). The van der Waals surface area contributed by atoms with E-state index < -0.39 is 11.8 Å². The van der Waals surface area contributed by atoms with Crippen LogP contribution in [0.4, 0.5) is 4.79 Å². The molecule has 0 saturated heterocycles. The van der Waals surface area contributed by atoms with Gasteiger partial charge in [0.25, 0.3) is 0 Å². The van der Waals surface area contributed by atoms with Crippen molar-refractivity contribution in [1.29, 1.82) is 0 Å². The molecular weight excluding hydrogens is 212 g/mol. The van der Waals surface area contributed by atoms with Crippen molar-refractivity contribution in [3.8, 4) is 0 Å². The summed E-state index contributed by atoms with van der Waals surface area (Å²) in [5, 5.41) is 4.26. The number of hydrogen-bond donors (Lipinski definition) is 0. The van der Waals surface area contributed by atoms with Gasteiger partial charge in [0.15, 0.2) is 0 Å². The maximum Gasteiger partial charge on any atom is 0.542 e. The second-order valence-corrected chi connectivity index (χ2v) is 4.51. The van der Waals surface area contributed by atoms with Crippen molar-refractivity contribution >= 4 is 6.16 Å². The summed E-state index contributed by atoms with van der Waals surface area (Å²) >= 11 is 0. The van der Waals surface area contributed by atoms with Gasteiger partial charge in [-0.2, -0.15) is 4.89 Å². The zero-order valence-corrected chi connectivity index (χ0v) is 10.6. The van der Waals surface area contributed by atoms with Gasteiger partial charge in [-0.1, -0.05) is 26.2 Å². The van der Waals surface area contributed by atoms with Gasteiger partial charge in [0.2, 0.25) is 0 Å². The van der Waals surface area contributed by atoms with Gasteiger partial charge < -0.3 is 4.74 Å². The third kappa shape index (κ3) is 11.3. The van der Waals surface area contributed by atoms with Crippen LogP contribution in [-0.4, -0.2) is 18.4 Å². The second-order valence-electron chi connectivity index (χ2n) is 4.51. The van der Waals surface area contributed by atoms with Crippen LogP contribution < -0.4 is 0 Å². The maximum absolute atomic E-state index is 10.9. The summed E-state index contributed by atoms with van der Waals surface area (Å²) in [5.74, 6) is 0. The predicted molar refractivity (Wildman–Crippen MR) is 58.5 cm³/mol. The molecule has 0 aromatic rings. The minimum atomic E-state index is -0.874. The molecule has 0 heterocycles. The minimum absolute atomic E-state index is 0.345. The average molecular weight is 234 g/mol. The lowest BCUT2D eigenvalue weighted by Crippen LogP contribution is -2.21. The van der Waals surface area contributed by atoms with E-state index in [1.165, 1.54) is 0 Å². The monoisotopic (exact) mass is 234 g/mol. The first kappa shape index (κ1) is 15.2. The van der Waals surface area contributed by atoms with Crippen LogP contribution in [0.3, 0.4) is 0 Å². The Morgan fingerprint density at radius 3 is 2.38 bits per heavy atom. The van der Waals surface area contributed by atoms with Gasteiger partial charge in [0, 0.05) is 0 Å². The first-order valence-corrected chi connectivity index (χ1v) is 5.65. The Morgan fingerprint density at radius 1 is 1.12 bits per heavy atom. The van der Waals surface area contributed by atoms with E-state index in [-0.39, 0.29) is 0 Å². The number of hydrogen-bond acceptors (Lipinski definition) is 5. The van der Waals surface area contributed by atoms with E-state index in [2.05, 4.69) is 16.8 Å². The van der Waals surface area contributed by atoms with Gasteiger partial charge in [-0.15, -0.1) is 0 Å². The van der Waals surface area contributed by atoms with Crippen molar-refractivity contribution in [2.45, 2.75) is 59.0 Å². The fourth-order valence-corrected chi connectivity index (χ4v) is 0.855. The summed E-state index contributed by atoms with van der Waals surface area (Å²) in [6.45, 7) is 7.77. The molecule has 16 heavy (non-hydrogen) atoms. The Labute approximate surface area is 96.9 Å². The van der Waals surface area contributed by atoms with Crippen LogP contribution in [0.1, 0.15) is 53.4 Å². The van der Waals surface area contributed by atoms with E-state index in [1.807, 2.05) is 0 Å². The van der Waals surface area contributed by atoms with Gasteiger partial charge in [-0.05, 0) is 32.2 Å². The normalized spacial score (nSPS) is 11.2. The third-order valence-corrected chi connectivity index (χ3v) is 1.60. The fourth-order valence-electron chi connectivity index (χ4n) is 0.855. The Hall–Kier alpha value is -0.810. The SMILES string of the molecule is CCCCCCOC(=O)OOOC(C)(C)C. The lowest BCUT2D eigenvalue weighted by Gasteiger charge is -2.15. The van der Waals surface area contributed by atoms with Gasteiger partial charge in [-0.3, -0.25) is 0 Å². The molecule has 0 aliphatic rings. The largest absolute Gasteiger partial charge is 0.542 e. The highest BCUT2D eigenvalue weighted by Crippen LogP contribution is 2.07. The molecule has 0 spiro atoms. The fraction of sp³-hybridized carbons (Fsp3) is 0.909. The Bertz CT molecular complexity index is 185. The van der Waals surface area contributed by atoms with Crippen LogP contribution in [0.15, 0.2) is 0 Å². The molecule has 0 bridgehead atoms. The highest BCUT2D eigenvalue weighted by atomic mass is 17.5. The van der Waals surface area contributed by atoms with Crippen LogP contribution in [0, 0.1) is 0 Å². The van der Waals surface area contributed by atoms with E-state index in [0.29, 0.717) is 6.61 Å². The molecule has 0 aromatic carbocycles. The summed E-state index contributed by atoms with van der Waals surface area (Å²) in [6, 6.07) is 0. The molecule has 5 heteroatoms. The standard InChI is InChI=1S/C11H22O5/c1-5-6-7-8-9-13-10(12)14-16-15-11(2,3)4/h5-9H2,1-4H3. The smallest absolute Gasteiger partial charge is 0.432 e. The predicted octanol–water partition coefficient (Wildman–Crippen LogP) is 3.38. The number of carbonyl (C=O) groups is 1. The van der Waals surface area contributed by atoms with Crippen molar-refractivity contribution in [2.75, 3.05) is 6.61 Å². The summed E-state index contributed by atoms with van der Waals surface area (Å²) < 4.78 is 4.74. The van der Waals surface area contributed by atoms with Crippen molar-refractivity contribution in [3.63, 3.8) is 0 Å². The highest BCUT2D eigenvalue weighted by molar-refractivity contribution is 5.58. The molecule has 0 fully saturated rings. The van der Waals surface area contributed by atoms with Crippen LogP contribution in [0.25, 0.3) is 0 Å². The van der Waals surface area contributed by atoms with E-state index in [0.717, 1.165) is 25.7 Å². The average Bonchev–Trinajstić information content (AvgIpc) is 2.15. The number of unbranched alkanes of at least 4 members (excludes halogenated alkanes) is 3. The molecule has 0 saturated carbocycles. The van der Waals surface area contributed by atoms with Gasteiger partial charge >= 0.3 is 6.16 Å². The first-order chi connectivity index (χ1) is 7.45. The molecule has 0 amide bonds. The Morgan fingerprint density at radius 2 is 1.81 bits per heavy atom. The number of carbonyl (C=O) groups excluding carboxylic acids is 1. The zero-order valence-electron chi connectivity index (χ0n) is 10.6. The molecular formula is C11H22O5. The van der Waals surface area contributed by atoms with Crippen LogP contribution >= 0.6 is 0 Å². The number of rotatable bonds is 7. The molecule has 96 valence electrons. The highest BCUT2D eigenvalue weighted by Gasteiger charge is 2.14. The van der Waals surface area contributed by atoms with Crippen LogP contribution in [-0.2, 0) is 19.6 Å². The Balaban J connectivity index is 3.32. The molecule has 0 radical (unpaired) electrons. The third-order valence-electron chi connectivity index (χ3n) is 1.60. The minimum Gasteiger partial charge on any atom is -0.432 e. The summed E-state index contributed by atoms with van der Waals surface area (Å²) in [6.07, 6.45) is 3.29. The zero-order chi connectivity index (χ0) is 12.4. The van der Waals surface area contributed by atoms with Crippen molar-refractivity contribution in [3.05, 3.63) is 0 Å². The van der Waals surface area contributed by atoms with Gasteiger partial charge in [0.1, 0.15) is 0 Å². The molecule has 0 atom stereocenters. The van der Waals surface area contributed by atoms with E-state index in [4.69, 9.17) is 9.62 Å². The molecule has 0 aliphatic heterocycles. The lowest BCUT2D eigenvalue weighted by molar-refractivity contribution is -0.514. The maximum atomic E-state index is 10.9. The number of ether oxygens (including phenoxy) is 1. The molecule has 0 aromatic heterocycles. The van der Waals surface area contributed by atoms with Gasteiger partial charge in [0.05, 0.1) is 12.2 Å². The van der Waals surface area contributed by atoms with E-state index in [1.54, 1.807) is 20.8 Å². The lowest BCUT2D eigenvalue weighted by atomic mass is 10.2. The summed E-state index contributed by atoms with van der Waals surface area (Å²) in [4.78, 5) is 19.9. The van der Waals surface area contributed by atoms with E-state index >= 15 is 0 Å². The second kappa shape index (κ2) is 8.35. The molecule has 0 N–H and O–H groups in total. The molecule has 0 aliphatic carbocycles. The Kier molecular flexibility index (Phi) is 7.93. The van der Waals surface area contributed by atoms with Crippen molar-refractivity contribution in [2.24, 2.45) is 0 Å². The molecule has 0 unspecified atom stereocenters. The van der Waals surface area contributed by atoms with Crippen LogP contribution in [0.5, 0.6) is 0 Å². The van der Waals surface area contributed by atoms with Crippen molar-refractivity contribution in [1.82, 2.24) is 0 Å². The quantitative estimate of drug-likeness (QED) is 0.292. The van der Waals surface area contributed by atoms with E-state index in [9.17, 15) is 4.79 Å². The van der Waals surface area contributed by atoms with Gasteiger partial charge in [-0.25, -0.2) is 9.68 Å². The van der Waals surface area contributed by atoms with Crippen molar-refractivity contribution < 1.29 is 24.3 Å². The van der Waals surface area contributed by atoms with Crippen LogP contribution in [0.2, 0.25) is 0 Å². The topological polar surface area (TPSA) is 54.0 Å². The first-order valence-electron chi connectivity index (χ1n) is 5.65. The summed E-state index contributed by atoms with van der Waals surface area (Å²) in [5.41, 5.74) is -0.526. The summed E-state index contributed by atoms with van der Waals surface area (Å²) in [7, 11) is 0. The molecule has 5 nitrogen and oxygen atoms in total.